The average Bonchev–Trinajstić information content (AvgIpc) is 2.68. The highest BCUT2D eigenvalue weighted by Crippen LogP contribution is 2.15. The van der Waals surface area contributed by atoms with Gasteiger partial charge in [-0.25, -0.2) is 4.79 Å². The van der Waals surface area contributed by atoms with E-state index in [4.69, 9.17) is 0 Å². The SMILES string of the molecule is O=C(NCc1ccncc1)Nc1cccc(NC(=O)c2ccccn2)c1. The molecule has 2 heterocycles. The molecule has 0 aliphatic heterocycles. The predicted octanol–water partition coefficient (Wildman–Crippen LogP) is 3.05. The van der Waals surface area contributed by atoms with E-state index in [-0.39, 0.29) is 11.9 Å². The number of pyridine rings is 2. The van der Waals surface area contributed by atoms with Gasteiger partial charge in [-0.2, -0.15) is 0 Å². The van der Waals surface area contributed by atoms with Gasteiger partial charge in [0.1, 0.15) is 5.69 Å². The summed E-state index contributed by atoms with van der Waals surface area (Å²) in [5, 5.41) is 8.24. The number of amides is 3. The van der Waals surface area contributed by atoms with E-state index in [1.807, 2.05) is 12.1 Å². The minimum atomic E-state index is -0.338. The number of carbonyl (C=O) groups is 2. The van der Waals surface area contributed by atoms with Gasteiger partial charge in [0.15, 0.2) is 0 Å². The molecule has 7 heteroatoms. The Labute approximate surface area is 150 Å². The Morgan fingerprint density at radius 3 is 2.35 bits per heavy atom. The first-order chi connectivity index (χ1) is 12.7. The van der Waals surface area contributed by atoms with Crippen LogP contribution in [0, 0.1) is 0 Å². The Hall–Kier alpha value is -3.74. The van der Waals surface area contributed by atoms with Crippen molar-refractivity contribution in [1.82, 2.24) is 15.3 Å². The fourth-order valence-corrected chi connectivity index (χ4v) is 2.23. The number of anilines is 2. The third kappa shape index (κ3) is 4.88. The van der Waals surface area contributed by atoms with Crippen LogP contribution in [0.1, 0.15) is 16.1 Å². The fraction of sp³-hybridized carbons (Fsp3) is 0.0526. The van der Waals surface area contributed by atoms with Gasteiger partial charge in [0.25, 0.3) is 5.91 Å². The molecule has 3 rings (SSSR count). The molecule has 2 aromatic heterocycles. The molecule has 3 aromatic rings. The van der Waals surface area contributed by atoms with Gasteiger partial charge in [0.2, 0.25) is 0 Å². The van der Waals surface area contributed by atoms with E-state index in [1.54, 1.807) is 61.1 Å². The average molecular weight is 347 g/mol. The van der Waals surface area contributed by atoms with Crippen molar-refractivity contribution in [2.45, 2.75) is 6.54 Å². The van der Waals surface area contributed by atoms with E-state index >= 15 is 0 Å². The first-order valence-electron chi connectivity index (χ1n) is 7.97. The number of benzene rings is 1. The van der Waals surface area contributed by atoms with Crippen molar-refractivity contribution in [3.63, 3.8) is 0 Å². The van der Waals surface area contributed by atoms with Gasteiger partial charge in [-0.3, -0.25) is 14.8 Å². The largest absolute Gasteiger partial charge is 0.334 e. The summed E-state index contributed by atoms with van der Waals surface area (Å²) >= 11 is 0. The van der Waals surface area contributed by atoms with Crippen LogP contribution in [0.15, 0.2) is 73.2 Å². The maximum Gasteiger partial charge on any atom is 0.319 e. The molecule has 7 nitrogen and oxygen atoms in total. The summed E-state index contributed by atoms with van der Waals surface area (Å²) in [6.07, 6.45) is 4.89. The highest BCUT2D eigenvalue weighted by molar-refractivity contribution is 6.03. The van der Waals surface area contributed by atoms with Gasteiger partial charge in [-0.1, -0.05) is 12.1 Å². The Kier molecular flexibility index (Phi) is 5.51. The lowest BCUT2D eigenvalue weighted by Crippen LogP contribution is -2.28. The molecule has 0 fully saturated rings. The zero-order valence-corrected chi connectivity index (χ0v) is 13.8. The van der Waals surface area contributed by atoms with E-state index in [0.29, 0.717) is 23.6 Å². The Morgan fingerprint density at radius 2 is 1.62 bits per heavy atom. The van der Waals surface area contributed by atoms with Crippen molar-refractivity contribution in [1.29, 1.82) is 0 Å². The zero-order valence-electron chi connectivity index (χ0n) is 13.8. The molecule has 0 unspecified atom stereocenters. The summed E-state index contributed by atoms with van der Waals surface area (Å²) in [5.74, 6) is -0.315. The van der Waals surface area contributed by atoms with E-state index in [1.165, 1.54) is 0 Å². The molecule has 0 saturated heterocycles. The van der Waals surface area contributed by atoms with Crippen molar-refractivity contribution in [2.24, 2.45) is 0 Å². The second-order valence-electron chi connectivity index (χ2n) is 5.41. The highest BCUT2D eigenvalue weighted by Gasteiger charge is 2.08. The summed E-state index contributed by atoms with van der Waals surface area (Å²) in [6.45, 7) is 0.393. The fourth-order valence-electron chi connectivity index (χ4n) is 2.23. The number of carbonyl (C=O) groups excluding carboxylic acids is 2. The van der Waals surface area contributed by atoms with Crippen LogP contribution in [-0.2, 0) is 6.54 Å². The number of nitrogens with one attached hydrogen (secondary N) is 3. The maximum absolute atomic E-state index is 12.1. The van der Waals surface area contributed by atoms with Crippen LogP contribution in [0.5, 0.6) is 0 Å². The molecule has 0 radical (unpaired) electrons. The normalized spacial score (nSPS) is 10.0. The standard InChI is InChI=1S/C19H17N5O2/c25-18(17-6-1-2-9-21-17)23-15-4-3-5-16(12-15)24-19(26)22-13-14-7-10-20-11-8-14/h1-12H,13H2,(H,23,25)(H2,22,24,26). The van der Waals surface area contributed by atoms with Crippen LogP contribution in [0.2, 0.25) is 0 Å². The lowest BCUT2D eigenvalue weighted by atomic mass is 10.2. The van der Waals surface area contributed by atoms with Crippen molar-refractivity contribution in [2.75, 3.05) is 10.6 Å². The van der Waals surface area contributed by atoms with E-state index in [0.717, 1.165) is 5.56 Å². The molecule has 130 valence electrons. The van der Waals surface area contributed by atoms with E-state index < -0.39 is 0 Å². The molecule has 0 atom stereocenters. The van der Waals surface area contributed by atoms with Gasteiger partial charge in [-0.05, 0) is 48.0 Å². The summed E-state index contributed by atoms with van der Waals surface area (Å²) in [7, 11) is 0. The van der Waals surface area contributed by atoms with Gasteiger partial charge >= 0.3 is 6.03 Å². The quantitative estimate of drug-likeness (QED) is 0.661. The molecule has 0 aliphatic carbocycles. The summed E-state index contributed by atoms with van der Waals surface area (Å²) < 4.78 is 0. The predicted molar refractivity (Wildman–Crippen MR) is 98.7 cm³/mol. The monoisotopic (exact) mass is 347 g/mol. The Morgan fingerprint density at radius 1 is 0.846 bits per heavy atom. The Bertz CT molecular complexity index is 885. The van der Waals surface area contributed by atoms with Gasteiger partial charge in [-0.15, -0.1) is 0 Å². The van der Waals surface area contributed by atoms with Crippen molar-refractivity contribution in [3.8, 4) is 0 Å². The van der Waals surface area contributed by atoms with Crippen LogP contribution in [-0.4, -0.2) is 21.9 Å². The summed E-state index contributed by atoms with van der Waals surface area (Å²) in [4.78, 5) is 32.1. The number of urea groups is 1. The third-order valence-electron chi connectivity index (χ3n) is 3.48. The second kappa shape index (κ2) is 8.39. The number of nitrogens with zero attached hydrogens (tertiary/aromatic N) is 2. The third-order valence-corrected chi connectivity index (χ3v) is 3.48. The first-order valence-corrected chi connectivity index (χ1v) is 7.97. The number of hydrogen-bond donors (Lipinski definition) is 3. The highest BCUT2D eigenvalue weighted by atomic mass is 16.2. The zero-order chi connectivity index (χ0) is 18.2. The lowest BCUT2D eigenvalue weighted by Gasteiger charge is -2.10. The molecule has 0 bridgehead atoms. The van der Waals surface area contributed by atoms with Crippen molar-refractivity contribution in [3.05, 3.63) is 84.4 Å². The minimum Gasteiger partial charge on any atom is -0.334 e. The van der Waals surface area contributed by atoms with Crippen molar-refractivity contribution < 1.29 is 9.59 Å². The first kappa shape index (κ1) is 17.1. The lowest BCUT2D eigenvalue weighted by molar-refractivity contribution is 0.102. The minimum absolute atomic E-state index is 0.315. The molecule has 1 aromatic carbocycles. The van der Waals surface area contributed by atoms with Crippen LogP contribution >= 0.6 is 0 Å². The smallest absolute Gasteiger partial charge is 0.319 e. The van der Waals surface area contributed by atoms with Crippen LogP contribution in [0.25, 0.3) is 0 Å². The van der Waals surface area contributed by atoms with Crippen LogP contribution in [0.4, 0.5) is 16.2 Å². The Balaban J connectivity index is 1.57. The molecule has 26 heavy (non-hydrogen) atoms. The topological polar surface area (TPSA) is 96.0 Å². The van der Waals surface area contributed by atoms with E-state index in [2.05, 4.69) is 25.9 Å². The molecule has 3 N–H and O–H groups in total. The van der Waals surface area contributed by atoms with Crippen LogP contribution < -0.4 is 16.0 Å². The summed E-state index contributed by atoms with van der Waals surface area (Å²) in [5.41, 5.74) is 2.40. The molecular weight excluding hydrogens is 330 g/mol. The van der Waals surface area contributed by atoms with Gasteiger partial charge in [0.05, 0.1) is 0 Å². The van der Waals surface area contributed by atoms with Gasteiger partial charge < -0.3 is 16.0 Å². The van der Waals surface area contributed by atoms with E-state index in [9.17, 15) is 9.59 Å². The number of rotatable bonds is 5. The molecule has 0 aliphatic rings. The maximum atomic E-state index is 12.1. The molecule has 3 amide bonds. The molecule has 0 spiro atoms. The van der Waals surface area contributed by atoms with Crippen LogP contribution in [0.3, 0.4) is 0 Å². The molecule has 0 saturated carbocycles. The number of aromatic nitrogens is 2. The van der Waals surface area contributed by atoms with Gasteiger partial charge in [0, 0.05) is 36.5 Å². The summed E-state index contributed by atoms with van der Waals surface area (Å²) in [6, 6.07) is 15.3. The number of hydrogen-bond acceptors (Lipinski definition) is 4. The van der Waals surface area contributed by atoms with Crippen molar-refractivity contribution >= 4 is 23.3 Å². The second-order valence-corrected chi connectivity index (χ2v) is 5.41. The molecular formula is C19H17N5O2.